The second kappa shape index (κ2) is 11.0. The molecular formula is C27H28ClN5O4S. The number of piperidine rings is 1. The number of fused-ring (bicyclic) bond motifs is 1. The zero-order chi connectivity index (χ0) is 26.1. The number of likely N-dealkylation sites (tertiary alicyclic amines) is 1. The SMILES string of the molecule is O=C(O)c1ccc2nc(CN3CCC(c4cccc(OCc5ncc(Cl)s5)n4)CC3)n(CC3CCO3)c2c1. The van der Waals surface area contributed by atoms with Gasteiger partial charge in [0.15, 0.2) is 0 Å². The number of carboxylic acids is 1. The van der Waals surface area contributed by atoms with Gasteiger partial charge in [-0.25, -0.2) is 19.7 Å². The van der Waals surface area contributed by atoms with Gasteiger partial charge in [0, 0.05) is 24.3 Å². The molecule has 2 aliphatic rings. The van der Waals surface area contributed by atoms with Crippen molar-refractivity contribution in [3.63, 3.8) is 0 Å². The topological polar surface area (TPSA) is 103 Å². The lowest BCUT2D eigenvalue weighted by Crippen LogP contribution is -2.35. The van der Waals surface area contributed by atoms with Crippen molar-refractivity contribution in [1.29, 1.82) is 0 Å². The van der Waals surface area contributed by atoms with E-state index >= 15 is 0 Å². The van der Waals surface area contributed by atoms with Gasteiger partial charge in [0.25, 0.3) is 0 Å². The highest BCUT2D eigenvalue weighted by Gasteiger charge is 2.26. The Hall–Kier alpha value is -3.05. The summed E-state index contributed by atoms with van der Waals surface area (Å²) in [4.78, 5) is 27.9. The molecule has 0 bridgehead atoms. The fourth-order valence-corrected chi connectivity index (χ4v) is 5.95. The van der Waals surface area contributed by atoms with Crippen LogP contribution in [0.4, 0.5) is 0 Å². The number of ether oxygens (including phenoxy) is 2. The van der Waals surface area contributed by atoms with Gasteiger partial charge in [0.1, 0.15) is 21.8 Å². The maximum absolute atomic E-state index is 11.6. The van der Waals surface area contributed by atoms with Gasteiger partial charge in [-0.15, -0.1) is 11.3 Å². The average molecular weight is 554 g/mol. The van der Waals surface area contributed by atoms with E-state index in [1.54, 1.807) is 24.4 Å². The van der Waals surface area contributed by atoms with Crippen molar-refractivity contribution in [2.24, 2.45) is 0 Å². The van der Waals surface area contributed by atoms with Gasteiger partial charge >= 0.3 is 5.97 Å². The zero-order valence-electron chi connectivity index (χ0n) is 20.8. The molecule has 2 saturated heterocycles. The van der Waals surface area contributed by atoms with Crippen LogP contribution < -0.4 is 4.74 Å². The van der Waals surface area contributed by atoms with Crippen molar-refractivity contribution in [3.8, 4) is 5.88 Å². The Bertz CT molecular complexity index is 1440. The van der Waals surface area contributed by atoms with Crippen molar-refractivity contribution in [3.05, 3.63) is 69.0 Å². The van der Waals surface area contributed by atoms with Gasteiger partial charge in [0.2, 0.25) is 5.88 Å². The first-order chi connectivity index (χ1) is 18.5. The predicted octanol–water partition coefficient (Wildman–Crippen LogP) is 4.99. The van der Waals surface area contributed by atoms with Crippen molar-refractivity contribution in [1.82, 2.24) is 24.4 Å². The molecule has 11 heteroatoms. The lowest BCUT2D eigenvalue weighted by Gasteiger charge is -2.32. The van der Waals surface area contributed by atoms with Crippen LogP contribution in [-0.2, 0) is 24.4 Å². The van der Waals surface area contributed by atoms with Crippen LogP contribution in [0.25, 0.3) is 11.0 Å². The van der Waals surface area contributed by atoms with Crippen LogP contribution in [0.5, 0.6) is 5.88 Å². The molecular weight excluding hydrogens is 526 g/mol. The number of imidazole rings is 1. The number of pyridine rings is 1. The minimum atomic E-state index is -0.932. The monoisotopic (exact) mass is 553 g/mol. The Morgan fingerprint density at radius 3 is 2.74 bits per heavy atom. The number of thiazole rings is 1. The summed E-state index contributed by atoms with van der Waals surface area (Å²) in [6.07, 6.45) is 4.78. The first-order valence-electron chi connectivity index (χ1n) is 12.8. The van der Waals surface area contributed by atoms with Crippen LogP contribution in [-0.4, -0.2) is 61.3 Å². The van der Waals surface area contributed by atoms with Gasteiger partial charge in [-0.05, 0) is 56.6 Å². The molecule has 0 saturated carbocycles. The molecule has 38 heavy (non-hydrogen) atoms. The largest absolute Gasteiger partial charge is 0.478 e. The lowest BCUT2D eigenvalue weighted by molar-refractivity contribution is -0.0592. The number of aromatic carboxylic acids is 1. The molecule has 0 aliphatic carbocycles. The smallest absolute Gasteiger partial charge is 0.335 e. The average Bonchev–Trinajstić information content (AvgIpc) is 3.47. The molecule has 6 rings (SSSR count). The van der Waals surface area contributed by atoms with Gasteiger partial charge < -0.3 is 19.1 Å². The number of nitrogens with zero attached hydrogens (tertiary/aromatic N) is 5. The van der Waals surface area contributed by atoms with E-state index in [2.05, 4.69) is 20.5 Å². The molecule has 5 heterocycles. The van der Waals surface area contributed by atoms with Crippen molar-refractivity contribution < 1.29 is 19.4 Å². The molecule has 9 nitrogen and oxygen atoms in total. The first kappa shape index (κ1) is 25.2. The van der Waals surface area contributed by atoms with E-state index in [1.807, 2.05) is 12.1 Å². The summed E-state index contributed by atoms with van der Waals surface area (Å²) in [5, 5.41) is 10.3. The Kier molecular flexibility index (Phi) is 7.29. The molecule has 0 radical (unpaired) electrons. The van der Waals surface area contributed by atoms with E-state index in [4.69, 9.17) is 31.0 Å². The summed E-state index contributed by atoms with van der Waals surface area (Å²) < 4.78 is 14.3. The molecule has 2 fully saturated rings. The number of rotatable bonds is 9. The second-order valence-electron chi connectivity index (χ2n) is 9.73. The van der Waals surface area contributed by atoms with Gasteiger partial charge in [-0.1, -0.05) is 17.7 Å². The van der Waals surface area contributed by atoms with Crippen LogP contribution in [0, 0.1) is 0 Å². The Morgan fingerprint density at radius 1 is 1.18 bits per heavy atom. The quantitative estimate of drug-likeness (QED) is 0.309. The van der Waals surface area contributed by atoms with Gasteiger partial charge in [0.05, 0.1) is 42.0 Å². The maximum atomic E-state index is 11.6. The molecule has 0 amide bonds. The Labute approximate surface area is 229 Å². The van der Waals surface area contributed by atoms with Crippen LogP contribution in [0.1, 0.15) is 52.1 Å². The number of halogens is 1. The second-order valence-corrected chi connectivity index (χ2v) is 11.5. The molecule has 1 N–H and O–H groups in total. The number of hydrogen-bond donors (Lipinski definition) is 1. The third kappa shape index (κ3) is 5.54. The summed E-state index contributed by atoms with van der Waals surface area (Å²) in [7, 11) is 0. The number of carboxylic acid groups (broad SMARTS) is 1. The highest BCUT2D eigenvalue weighted by molar-refractivity contribution is 7.15. The molecule has 198 valence electrons. The van der Waals surface area contributed by atoms with Crippen LogP contribution in [0.3, 0.4) is 0 Å². The lowest BCUT2D eigenvalue weighted by atomic mass is 9.93. The van der Waals surface area contributed by atoms with Crippen LogP contribution in [0.2, 0.25) is 4.34 Å². The highest BCUT2D eigenvalue weighted by Crippen LogP contribution is 2.30. The van der Waals surface area contributed by atoms with Crippen molar-refractivity contribution in [2.45, 2.75) is 51.0 Å². The fourth-order valence-electron chi connectivity index (χ4n) is 5.08. The van der Waals surface area contributed by atoms with E-state index in [1.165, 1.54) is 11.3 Å². The van der Waals surface area contributed by atoms with E-state index in [0.29, 0.717) is 35.8 Å². The third-order valence-corrected chi connectivity index (χ3v) is 8.33. The zero-order valence-corrected chi connectivity index (χ0v) is 22.3. The Balaban J connectivity index is 1.11. The molecule has 4 aromatic rings. The molecule has 3 aromatic heterocycles. The molecule has 1 unspecified atom stereocenters. The molecule has 2 aliphatic heterocycles. The summed E-state index contributed by atoms with van der Waals surface area (Å²) in [6, 6.07) is 11.1. The summed E-state index contributed by atoms with van der Waals surface area (Å²) in [6.45, 7) is 4.39. The van der Waals surface area contributed by atoms with Crippen molar-refractivity contribution in [2.75, 3.05) is 19.7 Å². The summed E-state index contributed by atoms with van der Waals surface area (Å²) >= 11 is 7.37. The van der Waals surface area contributed by atoms with E-state index in [9.17, 15) is 9.90 Å². The van der Waals surface area contributed by atoms with Crippen molar-refractivity contribution >= 4 is 39.9 Å². The van der Waals surface area contributed by atoms with Crippen LogP contribution in [0.15, 0.2) is 42.6 Å². The number of carbonyl (C=O) groups is 1. The number of hydrogen-bond acceptors (Lipinski definition) is 8. The van der Waals surface area contributed by atoms with Gasteiger partial charge in [-0.2, -0.15) is 0 Å². The molecule has 1 atom stereocenters. The normalized spacial score (nSPS) is 18.5. The number of aromatic nitrogens is 4. The minimum absolute atomic E-state index is 0.151. The fraction of sp³-hybridized carbons (Fsp3) is 0.407. The molecule has 0 spiro atoms. The standard InChI is InChI=1S/C27H28ClN5O4S/c28-23-13-29-26(38-23)16-37-25-3-1-2-20(31-25)17-6-9-32(10-7-17)15-24-30-21-5-4-18(27(34)35)12-22(21)33(24)14-19-8-11-36-19/h1-5,12-13,17,19H,6-11,14-16H2,(H,34,35). The van der Waals surface area contributed by atoms with Gasteiger partial charge in [-0.3, -0.25) is 4.90 Å². The first-order valence-corrected chi connectivity index (χ1v) is 14.0. The maximum Gasteiger partial charge on any atom is 0.335 e. The Morgan fingerprint density at radius 2 is 2.03 bits per heavy atom. The van der Waals surface area contributed by atoms with Crippen LogP contribution >= 0.6 is 22.9 Å². The van der Waals surface area contributed by atoms with E-state index < -0.39 is 5.97 Å². The van der Waals surface area contributed by atoms with E-state index in [0.717, 1.165) is 66.5 Å². The predicted molar refractivity (Wildman–Crippen MR) is 144 cm³/mol. The minimum Gasteiger partial charge on any atom is -0.478 e. The highest BCUT2D eigenvalue weighted by atomic mass is 35.5. The number of benzene rings is 1. The van der Waals surface area contributed by atoms with E-state index in [-0.39, 0.29) is 11.7 Å². The summed E-state index contributed by atoms with van der Waals surface area (Å²) in [5.41, 5.74) is 3.00. The third-order valence-electron chi connectivity index (χ3n) is 7.24. The summed E-state index contributed by atoms with van der Waals surface area (Å²) in [5.74, 6) is 0.986. The molecule has 1 aromatic carbocycles.